The van der Waals surface area contributed by atoms with Gasteiger partial charge in [0.15, 0.2) is 5.78 Å². The summed E-state index contributed by atoms with van der Waals surface area (Å²) in [6.07, 6.45) is -3.68. The maximum Gasteiger partial charge on any atom is 0.426 e. The number of rotatable bonds is 5. The van der Waals surface area contributed by atoms with Crippen LogP contribution in [0.3, 0.4) is 0 Å². The van der Waals surface area contributed by atoms with Crippen LogP contribution in [0, 0.1) is 11.3 Å². The largest absolute Gasteiger partial charge is 0.444 e. The highest BCUT2D eigenvalue weighted by Gasteiger charge is 2.59. The Kier molecular flexibility index (Phi) is 6.28. The Morgan fingerprint density at radius 3 is 2.03 bits per heavy atom. The van der Waals surface area contributed by atoms with Crippen molar-refractivity contribution in [1.82, 2.24) is 10.2 Å². The summed E-state index contributed by atoms with van der Waals surface area (Å²) < 4.78 is 43.8. The maximum absolute atomic E-state index is 12.9. The SMILES string of the molecule is CC(C)(C)OC(=O)NCC(=O)C1(C2CCN(C(=O)[C@@](C)(O)C(F)(F)F)CC2)CC1. The molecule has 0 radical (unpaired) electrons. The van der Waals surface area contributed by atoms with E-state index in [-0.39, 0.29) is 31.3 Å². The number of ketones is 1. The Morgan fingerprint density at radius 1 is 1.10 bits per heavy atom. The predicted molar refractivity (Wildman–Crippen MR) is 96.9 cm³/mol. The van der Waals surface area contributed by atoms with Gasteiger partial charge in [0, 0.05) is 18.5 Å². The lowest BCUT2D eigenvalue weighted by molar-refractivity contribution is -0.250. The first-order valence-corrected chi connectivity index (χ1v) is 9.69. The molecule has 166 valence electrons. The Hall–Kier alpha value is -1.84. The molecule has 0 aromatic rings. The third-order valence-corrected chi connectivity index (χ3v) is 5.67. The van der Waals surface area contributed by atoms with Gasteiger partial charge < -0.3 is 20.1 Å². The molecule has 29 heavy (non-hydrogen) atoms. The van der Waals surface area contributed by atoms with E-state index in [9.17, 15) is 32.7 Å². The molecule has 0 unspecified atom stereocenters. The lowest BCUT2D eigenvalue weighted by Crippen LogP contribution is -2.57. The Labute approximate surface area is 167 Å². The molecule has 10 heteroatoms. The second-order valence-corrected chi connectivity index (χ2v) is 9.07. The molecule has 1 aliphatic carbocycles. The first kappa shape index (κ1) is 23.4. The number of Topliss-reactive ketones (excluding diaryl/α,β-unsaturated/α-hetero) is 1. The number of aliphatic hydroxyl groups is 1. The lowest BCUT2D eigenvalue weighted by atomic mass is 9.78. The van der Waals surface area contributed by atoms with Crippen LogP contribution in [-0.4, -0.2) is 64.8 Å². The zero-order valence-corrected chi connectivity index (χ0v) is 17.2. The van der Waals surface area contributed by atoms with Crippen molar-refractivity contribution in [3.63, 3.8) is 0 Å². The normalized spacial score (nSPS) is 21.9. The van der Waals surface area contributed by atoms with Crippen molar-refractivity contribution in [2.24, 2.45) is 11.3 Å². The van der Waals surface area contributed by atoms with Crippen molar-refractivity contribution in [3.05, 3.63) is 0 Å². The molecule has 1 aliphatic heterocycles. The molecular weight excluding hydrogens is 393 g/mol. The zero-order chi connectivity index (χ0) is 22.3. The highest BCUT2D eigenvalue weighted by Crippen LogP contribution is 2.56. The van der Waals surface area contributed by atoms with Gasteiger partial charge in [-0.15, -0.1) is 0 Å². The fraction of sp³-hybridized carbons (Fsp3) is 0.842. The van der Waals surface area contributed by atoms with Crippen molar-refractivity contribution in [2.75, 3.05) is 19.6 Å². The molecule has 0 aromatic carbocycles. The van der Waals surface area contributed by atoms with Gasteiger partial charge in [-0.3, -0.25) is 9.59 Å². The molecule has 1 saturated carbocycles. The first-order valence-electron chi connectivity index (χ1n) is 9.69. The van der Waals surface area contributed by atoms with Gasteiger partial charge in [-0.05, 0) is 59.3 Å². The average Bonchev–Trinajstić information content (AvgIpc) is 3.38. The monoisotopic (exact) mass is 422 g/mol. The Bertz CT molecular complexity index is 658. The van der Waals surface area contributed by atoms with Crippen LogP contribution in [0.2, 0.25) is 0 Å². The summed E-state index contributed by atoms with van der Waals surface area (Å²) in [5.41, 5.74) is -4.71. The number of hydrogen-bond donors (Lipinski definition) is 2. The lowest BCUT2D eigenvalue weighted by Gasteiger charge is -2.39. The number of ether oxygens (including phenoxy) is 1. The molecule has 2 N–H and O–H groups in total. The summed E-state index contributed by atoms with van der Waals surface area (Å²) in [6, 6.07) is 0. The Morgan fingerprint density at radius 2 is 1.62 bits per heavy atom. The number of amides is 2. The van der Waals surface area contributed by atoms with E-state index in [1.807, 2.05) is 0 Å². The maximum atomic E-state index is 12.9. The molecule has 2 rings (SSSR count). The molecule has 2 fully saturated rings. The van der Waals surface area contributed by atoms with Crippen molar-refractivity contribution in [2.45, 2.75) is 70.8 Å². The van der Waals surface area contributed by atoms with E-state index < -0.39 is 34.8 Å². The van der Waals surface area contributed by atoms with Crippen LogP contribution in [0.4, 0.5) is 18.0 Å². The summed E-state index contributed by atoms with van der Waals surface area (Å²) >= 11 is 0. The van der Waals surface area contributed by atoms with Crippen molar-refractivity contribution in [3.8, 4) is 0 Å². The number of alkyl halides is 3. The third-order valence-electron chi connectivity index (χ3n) is 5.67. The zero-order valence-electron chi connectivity index (χ0n) is 17.2. The van der Waals surface area contributed by atoms with Crippen LogP contribution in [0.1, 0.15) is 53.4 Å². The molecule has 7 nitrogen and oxygen atoms in total. The molecule has 0 aromatic heterocycles. The summed E-state index contributed by atoms with van der Waals surface area (Å²) in [7, 11) is 0. The van der Waals surface area contributed by atoms with Gasteiger partial charge in [0.2, 0.25) is 5.60 Å². The first-order chi connectivity index (χ1) is 13.1. The number of hydrogen-bond acceptors (Lipinski definition) is 5. The van der Waals surface area contributed by atoms with Crippen molar-refractivity contribution >= 4 is 17.8 Å². The second kappa shape index (κ2) is 7.77. The van der Waals surface area contributed by atoms with E-state index >= 15 is 0 Å². The molecular formula is C19H29F3N2O5. The topological polar surface area (TPSA) is 95.9 Å². The summed E-state index contributed by atoms with van der Waals surface area (Å²) in [4.78, 5) is 37.5. The highest BCUT2D eigenvalue weighted by atomic mass is 19.4. The van der Waals surface area contributed by atoms with E-state index in [1.165, 1.54) is 0 Å². The van der Waals surface area contributed by atoms with Gasteiger partial charge >= 0.3 is 12.3 Å². The van der Waals surface area contributed by atoms with E-state index in [1.54, 1.807) is 20.8 Å². The van der Waals surface area contributed by atoms with E-state index in [4.69, 9.17) is 4.74 Å². The smallest absolute Gasteiger partial charge is 0.426 e. The Balaban J connectivity index is 1.89. The number of nitrogens with zero attached hydrogens (tertiary/aromatic N) is 1. The van der Waals surface area contributed by atoms with E-state index in [0.29, 0.717) is 32.6 Å². The van der Waals surface area contributed by atoms with Crippen LogP contribution in [0.15, 0.2) is 0 Å². The van der Waals surface area contributed by atoms with Gasteiger partial charge in [-0.2, -0.15) is 13.2 Å². The standard InChI is InChI=1S/C19H29F3N2O5/c1-16(2,3)29-15(27)23-11-13(25)18(7-8-18)12-5-9-24(10-6-12)14(26)17(4,28)19(20,21)22/h12,28H,5-11H2,1-4H3,(H,23,27)/t17-/m1/s1. The molecule has 2 amide bonds. The number of nitrogens with one attached hydrogen (secondary N) is 1. The van der Waals surface area contributed by atoms with Crippen molar-refractivity contribution < 1.29 is 37.4 Å². The van der Waals surface area contributed by atoms with Gasteiger partial charge in [0.25, 0.3) is 5.91 Å². The molecule has 2 aliphatic rings. The quantitative estimate of drug-likeness (QED) is 0.709. The molecule has 1 heterocycles. The minimum absolute atomic E-state index is 0.0459. The minimum atomic E-state index is -5.05. The van der Waals surface area contributed by atoms with Gasteiger partial charge in [-0.1, -0.05) is 0 Å². The predicted octanol–water partition coefficient (Wildman–Crippen LogP) is 2.41. The summed E-state index contributed by atoms with van der Waals surface area (Å²) in [5.74, 6) is -1.57. The number of carbonyl (C=O) groups is 3. The van der Waals surface area contributed by atoms with E-state index in [2.05, 4.69) is 5.32 Å². The molecule has 1 atom stereocenters. The fourth-order valence-corrected chi connectivity index (χ4v) is 3.76. The van der Waals surface area contributed by atoms with Gasteiger partial charge in [-0.25, -0.2) is 4.79 Å². The van der Waals surface area contributed by atoms with Crippen LogP contribution in [0.5, 0.6) is 0 Å². The van der Waals surface area contributed by atoms with E-state index in [0.717, 1.165) is 4.90 Å². The third kappa shape index (κ3) is 5.21. The summed E-state index contributed by atoms with van der Waals surface area (Å²) in [6.45, 7) is 5.51. The van der Waals surface area contributed by atoms with Crippen LogP contribution in [0.25, 0.3) is 0 Å². The average molecular weight is 422 g/mol. The van der Waals surface area contributed by atoms with Crippen LogP contribution in [-0.2, 0) is 14.3 Å². The molecule has 0 spiro atoms. The second-order valence-electron chi connectivity index (χ2n) is 9.07. The fourth-order valence-electron chi connectivity index (χ4n) is 3.76. The number of likely N-dealkylation sites (tertiary alicyclic amines) is 1. The number of alkyl carbamates (subject to hydrolysis) is 1. The number of piperidine rings is 1. The number of carbonyl (C=O) groups excluding carboxylic acids is 3. The van der Waals surface area contributed by atoms with Crippen LogP contribution >= 0.6 is 0 Å². The van der Waals surface area contributed by atoms with Gasteiger partial charge in [0.05, 0.1) is 6.54 Å². The minimum Gasteiger partial charge on any atom is -0.444 e. The van der Waals surface area contributed by atoms with Crippen molar-refractivity contribution in [1.29, 1.82) is 0 Å². The molecule has 0 bridgehead atoms. The van der Waals surface area contributed by atoms with Gasteiger partial charge in [0.1, 0.15) is 5.60 Å². The van der Waals surface area contributed by atoms with Crippen LogP contribution < -0.4 is 5.32 Å². The molecule has 1 saturated heterocycles. The number of halogens is 3. The summed E-state index contributed by atoms with van der Waals surface area (Å²) in [5, 5.41) is 12.0. The highest BCUT2D eigenvalue weighted by molar-refractivity contribution is 5.91.